The standard InChI is InChI=1S/C15H13N3O2/c1-9-6-11-7-12(3-4-13(11)17-9)18-15(20)10-2-5-14(19)16-8-10/h2-8,17H,1H3,(H,16,19)(H,18,20). The van der Waals surface area contributed by atoms with Gasteiger partial charge in [0.1, 0.15) is 0 Å². The van der Waals surface area contributed by atoms with Crippen LogP contribution < -0.4 is 10.9 Å². The number of nitrogens with one attached hydrogen (secondary N) is 3. The highest BCUT2D eigenvalue weighted by atomic mass is 16.1. The molecule has 100 valence electrons. The average Bonchev–Trinajstić information content (AvgIpc) is 2.78. The maximum Gasteiger partial charge on any atom is 0.257 e. The fourth-order valence-corrected chi connectivity index (χ4v) is 2.11. The summed E-state index contributed by atoms with van der Waals surface area (Å²) in [7, 11) is 0. The molecule has 0 aliphatic heterocycles. The van der Waals surface area contributed by atoms with Gasteiger partial charge in [-0.1, -0.05) is 0 Å². The molecule has 3 aromatic rings. The molecule has 0 aliphatic carbocycles. The second kappa shape index (κ2) is 4.70. The third-order valence-electron chi connectivity index (χ3n) is 3.06. The van der Waals surface area contributed by atoms with Crippen LogP contribution in [0.25, 0.3) is 10.9 Å². The van der Waals surface area contributed by atoms with Gasteiger partial charge in [0, 0.05) is 34.5 Å². The van der Waals surface area contributed by atoms with Crippen LogP contribution in [0.3, 0.4) is 0 Å². The first-order chi connectivity index (χ1) is 9.61. The molecule has 0 unspecified atom stereocenters. The van der Waals surface area contributed by atoms with Crippen molar-refractivity contribution >= 4 is 22.5 Å². The molecule has 0 radical (unpaired) electrons. The van der Waals surface area contributed by atoms with E-state index >= 15 is 0 Å². The second-order valence-electron chi connectivity index (χ2n) is 4.65. The highest BCUT2D eigenvalue weighted by molar-refractivity contribution is 6.04. The van der Waals surface area contributed by atoms with Crippen molar-refractivity contribution in [3.05, 3.63) is 64.2 Å². The maximum atomic E-state index is 12.0. The van der Waals surface area contributed by atoms with Crippen molar-refractivity contribution < 1.29 is 4.79 Å². The molecule has 1 aromatic carbocycles. The quantitative estimate of drug-likeness (QED) is 0.666. The van der Waals surface area contributed by atoms with E-state index in [4.69, 9.17) is 0 Å². The number of aromatic nitrogens is 2. The predicted octanol–water partition coefficient (Wildman–Crippen LogP) is 2.42. The number of aromatic amines is 2. The van der Waals surface area contributed by atoms with Crippen molar-refractivity contribution in [1.82, 2.24) is 9.97 Å². The van der Waals surface area contributed by atoms with Crippen LogP contribution in [0.2, 0.25) is 0 Å². The molecule has 0 spiro atoms. The number of hydrogen-bond acceptors (Lipinski definition) is 2. The summed E-state index contributed by atoms with van der Waals surface area (Å²) in [4.78, 5) is 28.7. The molecule has 0 fully saturated rings. The number of pyridine rings is 1. The lowest BCUT2D eigenvalue weighted by atomic mass is 10.2. The summed E-state index contributed by atoms with van der Waals surface area (Å²) in [6.45, 7) is 1.98. The van der Waals surface area contributed by atoms with E-state index in [1.807, 2.05) is 31.2 Å². The Kier molecular flexibility index (Phi) is 2.87. The summed E-state index contributed by atoms with van der Waals surface area (Å²) < 4.78 is 0. The van der Waals surface area contributed by atoms with Crippen LogP contribution in [-0.2, 0) is 0 Å². The van der Waals surface area contributed by atoms with E-state index in [0.717, 1.165) is 16.6 Å². The van der Waals surface area contributed by atoms with Gasteiger partial charge in [0.2, 0.25) is 5.56 Å². The number of benzene rings is 1. The van der Waals surface area contributed by atoms with Gasteiger partial charge in [0.05, 0.1) is 5.56 Å². The van der Waals surface area contributed by atoms with Gasteiger partial charge in [0.25, 0.3) is 5.91 Å². The Morgan fingerprint density at radius 2 is 2.00 bits per heavy atom. The summed E-state index contributed by atoms with van der Waals surface area (Å²) in [6, 6.07) is 10.5. The third kappa shape index (κ3) is 2.33. The molecule has 0 saturated carbocycles. The smallest absolute Gasteiger partial charge is 0.257 e. The lowest BCUT2D eigenvalue weighted by molar-refractivity contribution is 0.102. The van der Waals surface area contributed by atoms with Gasteiger partial charge in [-0.15, -0.1) is 0 Å². The summed E-state index contributed by atoms with van der Waals surface area (Å²) in [6.07, 6.45) is 1.40. The summed E-state index contributed by atoms with van der Waals surface area (Å²) in [5, 5.41) is 3.85. The van der Waals surface area contributed by atoms with Crippen molar-refractivity contribution in [2.24, 2.45) is 0 Å². The van der Waals surface area contributed by atoms with E-state index in [0.29, 0.717) is 11.3 Å². The lowest BCUT2D eigenvalue weighted by Gasteiger charge is -2.05. The Morgan fingerprint density at radius 1 is 1.15 bits per heavy atom. The van der Waals surface area contributed by atoms with Crippen LogP contribution in [-0.4, -0.2) is 15.9 Å². The van der Waals surface area contributed by atoms with E-state index in [1.54, 1.807) is 0 Å². The summed E-state index contributed by atoms with van der Waals surface area (Å²) in [5.74, 6) is -0.257. The first kappa shape index (κ1) is 12.2. The fourth-order valence-electron chi connectivity index (χ4n) is 2.11. The van der Waals surface area contributed by atoms with E-state index in [1.165, 1.54) is 18.3 Å². The number of fused-ring (bicyclic) bond motifs is 1. The highest BCUT2D eigenvalue weighted by Gasteiger charge is 2.07. The van der Waals surface area contributed by atoms with Crippen molar-refractivity contribution in [3.8, 4) is 0 Å². The minimum atomic E-state index is -0.257. The Labute approximate surface area is 114 Å². The summed E-state index contributed by atoms with van der Waals surface area (Å²) >= 11 is 0. The molecule has 5 heteroatoms. The van der Waals surface area contributed by atoms with Gasteiger partial charge in [-0.3, -0.25) is 9.59 Å². The third-order valence-corrected chi connectivity index (χ3v) is 3.06. The molecule has 2 aromatic heterocycles. The average molecular weight is 267 g/mol. The molecular formula is C15H13N3O2. The van der Waals surface area contributed by atoms with E-state index in [-0.39, 0.29) is 11.5 Å². The van der Waals surface area contributed by atoms with Gasteiger partial charge in [-0.05, 0) is 37.3 Å². The van der Waals surface area contributed by atoms with Crippen molar-refractivity contribution in [1.29, 1.82) is 0 Å². The topological polar surface area (TPSA) is 77.8 Å². The van der Waals surface area contributed by atoms with Gasteiger partial charge < -0.3 is 15.3 Å². The minimum absolute atomic E-state index is 0.231. The fraction of sp³-hybridized carbons (Fsp3) is 0.0667. The predicted molar refractivity (Wildman–Crippen MR) is 78.1 cm³/mol. The molecule has 5 nitrogen and oxygen atoms in total. The Bertz CT molecular complexity index is 825. The molecule has 20 heavy (non-hydrogen) atoms. The van der Waals surface area contributed by atoms with Crippen LogP contribution >= 0.6 is 0 Å². The van der Waals surface area contributed by atoms with E-state index in [9.17, 15) is 9.59 Å². The lowest BCUT2D eigenvalue weighted by Crippen LogP contribution is -2.14. The molecule has 1 amide bonds. The van der Waals surface area contributed by atoms with Gasteiger partial charge in [-0.2, -0.15) is 0 Å². The first-order valence-electron chi connectivity index (χ1n) is 6.21. The van der Waals surface area contributed by atoms with Gasteiger partial charge in [-0.25, -0.2) is 0 Å². The number of carbonyl (C=O) groups excluding carboxylic acids is 1. The molecule has 3 N–H and O–H groups in total. The van der Waals surface area contributed by atoms with Crippen LogP contribution in [0, 0.1) is 6.92 Å². The van der Waals surface area contributed by atoms with Crippen LogP contribution in [0.1, 0.15) is 16.1 Å². The number of rotatable bonds is 2. The first-order valence-corrected chi connectivity index (χ1v) is 6.21. The molecule has 0 atom stereocenters. The van der Waals surface area contributed by atoms with E-state index in [2.05, 4.69) is 15.3 Å². The molecular weight excluding hydrogens is 254 g/mol. The normalized spacial score (nSPS) is 10.7. The Morgan fingerprint density at radius 3 is 2.75 bits per heavy atom. The van der Waals surface area contributed by atoms with Crippen molar-refractivity contribution in [2.75, 3.05) is 5.32 Å². The summed E-state index contributed by atoms with van der Waals surface area (Å²) in [5.41, 5.74) is 3.00. The zero-order valence-corrected chi connectivity index (χ0v) is 10.9. The van der Waals surface area contributed by atoms with Crippen LogP contribution in [0.4, 0.5) is 5.69 Å². The molecule has 0 aliphatic rings. The number of aryl methyl sites for hydroxylation is 1. The van der Waals surface area contributed by atoms with Gasteiger partial charge in [0.15, 0.2) is 0 Å². The zero-order chi connectivity index (χ0) is 14.1. The largest absolute Gasteiger partial charge is 0.359 e. The Hall–Kier alpha value is -2.82. The zero-order valence-electron chi connectivity index (χ0n) is 10.9. The SMILES string of the molecule is Cc1cc2cc(NC(=O)c3ccc(=O)[nH]c3)ccc2[nH]1. The van der Waals surface area contributed by atoms with Crippen LogP contribution in [0.5, 0.6) is 0 Å². The molecule has 2 heterocycles. The number of hydrogen-bond donors (Lipinski definition) is 3. The number of H-pyrrole nitrogens is 2. The minimum Gasteiger partial charge on any atom is -0.359 e. The number of anilines is 1. The molecule has 3 rings (SSSR count). The number of carbonyl (C=O) groups is 1. The molecule has 0 saturated heterocycles. The maximum absolute atomic E-state index is 12.0. The van der Waals surface area contributed by atoms with E-state index < -0.39 is 0 Å². The van der Waals surface area contributed by atoms with Crippen molar-refractivity contribution in [3.63, 3.8) is 0 Å². The van der Waals surface area contributed by atoms with Gasteiger partial charge >= 0.3 is 0 Å². The molecule has 0 bridgehead atoms. The highest BCUT2D eigenvalue weighted by Crippen LogP contribution is 2.20. The van der Waals surface area contributed by atoms with Crippen LogP contribution in [0.15, 0.2) is 47.4 Å². The van der Waals surface area contributed by atoms with Crippen molar-refractivity contribution in [2.45, 2.75) is 6.92 Å². The second-order valence-corrected chi connectivity index (χ2v) is 4.65. The monoisotopic (exact) mass is 267 g/mol. The number of amides is 1. The Balaban J connectivity index is 1.86.